The van der Waals surface area contributed by atoms with Crippen LogP contribution in [-0.4, -0.2) is 4.57 Å². The van der Waals surface area contributed by atoms with Gasteiger partial charge in [0.15, 0.2) is 0 Å². The van der Waals surface area contributed by atoms with E-state index in [0.29, 0.717) is 0 Å². The van der Waals surface area contributed by atoms with E-state index in [1.165, 1.54) is 38.5 Å². The molecule has 0 amide bonds. The molecule has 2 N–H and O–H groups in total. The van der Waals surface area contributed by atoms with Crippen LogP contribution in [-0.2, 0) is 7.05 Å². The monoisotopic (exact) mass is 515 g/mol. The first-order valence-electron chi connectivity index (χ1n) is 13.5. The van der Waals surface area contributed by atoms with Crippen LogP contribution in [0.3, 0.4) is 0 Å². The van der Waals surface area contributed by atoms with E-state index >= 15 is 0 Å². The number of rotatable bonds is 5. The van der Waals surface area contributed by atoms with Gasteiger partial charge in [-0.15, -0.1) is 0 Å². The number of hydrogen-bond donors (Lipinski definition) is 1. The molecule has 192 valence electrons. The fourth-order valence-corrected chi connectivity index (χ4v) is 5.65. The molecular weight excluding hydrogens is 486 g/mol. The van der Waals surface area contributed by atoms with Gasteiger partial charge in [-0.2, -0.15) is 0 Å². The number of nitrogens with two attached hydrogens (primary N) is 1. The standard InChI is InChI=1S/C37H29N3/c1-39-36-10-6-5-9-34(36)35-24-23-33(25-37(35)39)40(31-7-3-2-4-8-31)32-21-17-29(18-22-32)27-13-11-26(12-14-27)28-15-19-30(38)20-16-28/h2-25H,38H2,1H3. The predicted molar refractivity (Wildman–Crippen MR) is 170 cm³/mol. The number of aryl methyl sites for hydroxylation is 1. The molecule has 0 saturated carbocycles. The lowest BCUT2D eigenvalue weighted by atomic mass is 10.00. The quantitative estimate of drug-likeness (QED) is 0.232. The Labute approximate surface area is 234 Å². The van der Waals surface area contributed by atoms with Crippen LogP contribution in [0.4, 0.5) is 22.7 Å². The summed E-state index contributed by atoms with van der Waals surface area (Å²) in [6.07, 6.45) is 0. The first kappa shape index (κ1) is 23.8. The molecule has 0 spiro atoms. The number of nitrogens with zero attached hydrogens (tertiary/aromatic N) is 2. The molecule has 7 aromatic rings. The molecule has 0 aliphatic rings. The van der Waals surface area contributed by atoms with Crippen LogP contribution >= 0.6 is 0 Å². The highest BCUT2D eigenvalue weighted by Crippen LogP contribution is 2.38. The van der Waals surface area contributed by atoms with Crippen molar-refractivity contribution in [2.45, 2.75) is 0 Å². The molecule has 0 bridgehead atoms. The van der Waals surface area contributed by atoms with Crippen LogP contribution in [0.15, 0.2) is 146 Å². The van der Waals surface area contributed by atoms with Gasteiger partial charge in [-0.1, -0.05) is 91.0 Å². The van der Waals surface area contributed by atoms with Gasteiger partial charge in [-0.05, 0) is 76.9 Å². The Hall–Kier alpha value is -5.28. The van der Waals surface area contributed by atoms with Gasteiger partial charge >= 0.3 is 0 Å². The second-order valence-corrected chi connectivity index (χ2v) is 10.2. The molecule has 0 atom stereocenters. The van der Waals surface area contributed by atoms with Crippen molar-refractivity contribution in [2.75, 3.05) is 10.6 Å². The van der Waals surface area contributed by atoms with E-state index in [4.69, 9.17) is 5.73 Å². The summed E-state index contributed by atoms with van der Waals surface area (Å²) < 4.78 is 2.29. The van der Waals surface area contributed by atoms with Crippen LogP contribution in [0.25, 0.3) is 44.1 Å². The second kappa shape index (κ2) is 9.79. The van der Waals surface area contributed by atoms with Crippen molar-refractivity contribution in [3.63, 3.8) is 0 Å². The maximum Gasteiger partial charge on any atom is 0.0509 e. The highest BCUT2D eigenvalue weighted by Gasteiger charge is 2.15. The Bertz CT molecular complexity index is 1930. The lowest BCUT2D eigenvalue weighted by molar-refractivity contribution is 1.01. The molecule has 40 heavy (non-hydrogen) atoms. The molecule has 0 fully saturated rings. The van der Waals surface area contributed by atoms with Crippen molar-refractivity contribution < 1.29 is 0 Å². The fraction of sp³-hybridized carbons (Fsp3) is 0.0270. The minimum atomic E-state index is 0.780. The summed E-state index contributed by atoms with van der Waals surface area (Å²) >= 11 is 0. The molecule has 0 unspecified atom stereocenters. The van der Waals surface area contributed by atoms with Crippen LogP contribution < -0.4 is 10.6 Å². The van der Waals surface area contributed by atoms with E-state index in [0.717, 1.165) is 28.3 Å². The normalized spacial score (nSPS) is 11.2. The first-order valence-corrected chi connectivity index (χ1v) is 13.5. The molecule has 0 radical (unpaired) electrons. The van der Waals surface area contributed by atoms with Crippen molar-refractivity contribution >= 4 is 44.6 Å². The summed E-state index contributed by atoms with van der Waals surface area (Å²) in [4.78, 5) is 2.32. The molecule has 3 nitrogen and oxygen atoms in total. The lowest BCUT2D eigenvalue weighted by Crippen LogP contribution is -2.09. The van der Waals surface area contributed by atoms with Crippen molar-refractivity contribution in [3.8, 4) is 22.3 Å². The maximum absolute atomic E-state index is 5.85. The smallest absolute Gasteiger partial charge is 0.0509 e. The molecule has 0 saturated heterocycles. The molecule has 7 rings (SSSR count). The van der Waals surface area contributed by atoms with Gasteiger partial charge in [0, 0.05) is 46.1 Å². The topological polar surface area (TPSA) is 34.2 Å². The number of fused-ring (bicyclic) bond motifs is 3. The number of nitrogen functional groups attached to an aromatic ring is 1. The van der Waals surface area contributed by atoms with E-state index in [1.807, 2.05) is 12.1 Å². The Balaban J connectivity index is 1.26. The largest absolute Gasteiger partial charge is 0.399 e. The summed E-state index contributed by atoms with van der Waals surface area (Å²) in [6, 6.07) is 51.5. The van der Waals surface area contributed by atoms with Gasteiger partial charge in [0.2, 0.25) is 0 Å². The highest BCUT2D eigenvalue weighted by atomic mass is 15.1. The molecule has 0 aliphatic carbocycles. The third kappa shape index (κ3) is 4.18. The number of benzene rings is 6. The Morgan fingerprint density at radius 2 is 0.925 bits per heavy atom. The Morgan fingerprint density at radius 1 is 0.450 bits per heavy atom. The van der Waals surface area contributed by atoms with E-state index in [-0.39, 0.29) is 0 Å². The van der Waals surface area contributed by atoms with Crippen molar-refractivity contribution in [2.24, 2.45) is 7.05 Å². The molecular formula is C37H29N3. The summed E-state index contributed by atoms with van der Waals surface area (Å²) in [7, 11) is 2.15. The third-order valence-corrected chi connectivity index (χ3v) is 7.76. The number of anilines is 4. The van der Waals surface area contributed by atoms with Gasteiger partial charge in [0.1, 0.15) is 0 Å². The van der Waals surface area contributed by atoms with Crippen molar-refractivity contribution in [3.05, 3.63) is 146 Å². The van der Waals surface area contributed by atoms with Crippen LogP contribution in [0, 0.1) is 0 Å². The van der Waals surface area contributed by atoms with Crippen molar-refractivity contribution in [1.29, 1.82) is 0 Å². The molecule has 6 aromatic carbocycles. The first-order chi connectivity index (χ1) is 19.7. The maximum atomic E-state index is 5.85. The SMILES string of the molecule is Cn1c2ccccc2c2ccc(N(c3ccccc3)c3ccc(-c4ccc(-c5ccc(N)cc5)cc4)cc3)cc21. The van der Waals surface area contributed by atoms with Crippen LogP contribution in [0.1, 0.15) is 0 Å². The van der Waals surface area contributed by atoms with E-state index in [9.17, 15) is 0 Å². The minimum Gasteiger partial charge on any atom is -0.399 e. The molecule has 1 heterocycles. The second-order valence-electron chi connectivity index (χ2n) is 10.2. The summed E-state index contributed by atoms with van der Waals surface area (Å²) in [5, 5.41) is 2.55. The molecule has 3 heteroatoms. The van der Waals surface area contributed by atoms with Crippen molar-refractivity contribution in [1.82, 2.24) is 4.57 Å². The number of hydrogen-bond acceptors (Lipinski definition) is 2. The fourth-order valence-electron chi connectivity index (χ4n) is 5.65. The van der Waals surface area contributed by atoms with Gasteiger partial charge in [0.05, 0.1) is 5.52 Å². The lowest BCUT2D eigenvalue weighted by Gasteiger charge is -2.26. The summed E-state index contributed by atoms with van der Waals surface area (Å²) in [5.41, 5.74) is 17.2. The average molecular weight is 516 g/mol. The van der Waals surface area contributed by atoms with E-state index in [2.05, 4.69) is 150 Å². The van der Waals surface area contributed by atoms with E-state index in [1.54, 1.807) is 0 Å². The molecule has 1 aromatic heterocycles. The minimum absolute atomic E-state index is 0.780. The van der Waals surface area contributed by atoms with Gasteiger partial charge in [-0.3, -0.25) is 0 Å². The van der Waals surface area contributed by atoms with Crippen LogP contribution in [0.2, 0.25) is 0 Å². The molecule has 0 aliphatic heterocycles. The zero-order valence-corrected chi connectivity index (χ0v) is 22.3. The van der Waals surface area contributed by atoms with Gasteiger partial charge in [0.25, 0.3) is 0 Å². The van der Waals surface area contributed by atoms with Crippen LogP contribution in [0.5, 0.6) is 0 Å². The Kier molecular flexibility index (Phi) is 5.83. The average Bonchev–Trinajstić information content (AvgIpc) is 3.30. The van der Waals surface area contributed by atoms with Gasteiger partial charge < -0.3 is 15.2 Å². The zero-order chi connectivity index (χ0) is 27.1. The summed E-state index contributed by atoms with van der Waals surface area (Å²) in [6.45, 7) is 0. The number of aromatic nitrogens is 1. The predicted octanol–water partition coefficient (Wildman–Crippen LogP) is 9.72. The number of para-hydroxylation sites is 2. The Morgan fingerprint density at radius 3 is 1.57 bits per heavy atom. The summed E-state index contributed by atoms with van der Waals surface area (Å²) in [5.74, 6) is 0. The highest BCUT2D eigenvalue weighted by molar-refractivity contribution is 6.09. The third-order valence-electron chi connectivity index (χ3n) is 7.76. The van der Waals surface area contributed by atoms with E-state index < -0.39 is 0 Å². The zero-order valence-electron chi connectivity index (χ0n) is 22.3. The van der Waals surface area contributed by atoms with Gasteiger partial charge in [-0.25, -0.2) is 0 Å².